The second-order valence-electron chi connectivity index (χ2n) is 2.93. The summed E-state index contributed by atoms with van der Waals surface area (Å²) >= 11 is 8.08. The van der Waals surface area contributed by atoms with Crippen molar-refractivity contribution >= 4 is 49.0 Å². The molecule has 0 atom stereocenters. The highest BCUT2D eigenvalue weighted by Crippen LogP contribution is 2.22. The molecule has 0 saturated heterocycles. The minimum absolute atomic E-state index is 0.00458. The molecule has 5 heteroatoms. The first-order valence-corrected chi connectivity index (χ1v) is 6.63. The number of halogens is 2. The van der Waals surface area contributed by atoms with Gasteiger partial charge in [-0.2, -0.15) is 0 Å². The first-order chi connectivity index (χ1) is 7.15. The maximum Gasteiger partial charge on any atom is 0.203 e. The van der Waals surface area contributed by atoms with Crippen LogP contribution in [0.2, 0.25) is 0 Å². The fourth-order valence-corrected chi connectivity index (χ4v) is 2.91. The Bertz CT molecular complexity index is 487. The molecule has 0 bridgehead atoms. The van der Waals surface area contributed by atoms with Gasteiger partial charge in [0.25, 0.3) is 0 Å². The normalized spacial score (nSPS) is 10.5. The van der Waals surface area contributed by atoms with Crippen molar-refractivity contribution in [3.05, 3.63) is 43.4 Å². The third-order valence-electron chi connectivity index (χ3n) is 1.80. The Kier molecular flexibility index (Phi) is 3.43. The molecule has 0 spiro atoms. The van der Waals surface area contributed by atoms with E-state index in [4.69, 9.17) is 4.42 Å². The Morgan fingerprint density at radius 2 is 2.20 bits per heavy atom. The molecule has 0 unspecified atom stereocenters. The van der Waals surface area contributed by atoms with E-state index in [1.807, 2.05) is 11.4 Å². The number of carbonyl (C=O) groups is 1. The van der Waals surface area contributed by atoms with E-state index in [-0.39, 0.29) is 5.78 Å². The van der Waals surface area contributed by atoms with Crippen molar-refractivity contribution in [2.24, 2.45) is 0 Å². The van der Waals surface area contributed by atoms with Crippen LogP contribution in [-0.4, -0.2) is 5.78 Å². The van der Waals surface area contributed by atoms with Crippen LogP contribution in [0.1, 0.15) is 15.4 Å². The molecule has 2 aromatic rings. The minimum atomic E-state index is -0.00458. The molecule has 0 aliphatic carbocycles. The van der Waals surface area contributed by atoms with Crippen LogP contribution in [0.3, 0.4) is 0 Å². The van der Waals surface area contributed by atoms with E-state index < -0.39 is 0 Å². The summed E-state index contributed by atoms with van der Waals surface area (Å²) in [5, 5.41) is 1.96. The Balaban J connectivity index is 2.10. The fraction of sp³-hybridized carbons (Fsp3) is 0.100. The summed E-state index contributed by atoms with van der Waals surface area (Å²) in [5.41, 5.74) is 0. The van der Waals surface area contributed by atoms with E-state index in [0.717, 1.165) is 9.35 Å². The van der Waals surface area contributed by atoms with Gasteiger partial charge < -0.3 is 4.42 Å². The third kappa shape index (κ3) is 2.80. The van der Waals surface area contributed by atoms with E-state index in [1.54, 1.807) is 23.5 Å². The highest BCUT2D eigenvalue weighted by atomic mass is 79.9. The number of thiophene rings is 1. The van der Waals surface area contributed by atoms with Crippen LogP contribution >= 0.6 is 43.2 Å². The fourth-order valence-electron chi connectivity index (χ4n) is 1.16. The maximum absolute atomic E-state index is 11.7. The summed E-state index contributed by atoms with van der Waals surface area (Å²) in [6.45, 7) is 0. The summed E-state index contributed by atoms with van der Waals surface area (Å²) in [6.07, 6.45) is 0.385. The quantitative estimate of drug-likeness (QED) is 0.773. The molecule has 0 aliphatic rings. The van der Waals surface area contributed by atoms with Gasteiger partial charge in [-0.25, -0.2) is 0 Å². The van der Waals surface area contributed by atoms with Crippen LogP contribution in [0.25, 0.3) is 0 Å². The van der Waals surface area contributed by atoms with Gasteiger partial charge in [-0.1, -0.05) is 0 Å². The van der Waals surface area contributed by atoms with Crippen molar-refractivity contribution in [1.82, 2.24) is 0 Å². The molecule has 0 aliphatic heterocycles. The minimum Gasteiger partial charge on any atom is -0.446 e. The van der Waals surface area contributed by atoms with Crippen molar-refractivity contribution in [2.45, 2.75) is 6.42 Å². The lowest BCUT2D eigenvalue weighted by molar-refractivity contribution is 0.0966. The molecule has 0 aromatic carbocycles. The number of ketones is 1. The molecular weight excluding hydrogens is 344 g/mol. The third-order valence-corrected chi connectivity index (χ3v) is 3.93. The van der Waals surface area contributed by atoms with Crippen molar-refractivity contribution < 1.29 is 9.21 Å². The van der Waals surface area contributed by atoms with Gasteiger partial charge in [-0.15, -0.1) is 11.3 Å². The SMILES string of the molecule is O=C(Cc1cc(Br)cs1)c1ccc(Br)o1. The number of hydrogen-bond acceptors (Lipinski definition) is 3. The molecule has 0 saturated carbocycles. The molecule has 2 aromatic heterocycles. The van der Waals surface area contributed by atoms with Crippen LogP contribution in [0, 0.1) is 0 Å². The molecule has 2 rings (SSSR count). The lowest BCUT2D eigenvalue weighted by Gasteiger charge is -1.93. The van der Waals surface area contributed by atoms with Crippen molar-refractivity contribution in [2.75, 3.05) is 0 Å². The molecule has 15 heavy (non-hydrogen) atoms. The van der Waals surface area contributed by atoms with E-state index >= 15 is 0 Å². The highest BCUT2D eigenvalue weighted by molar-refractivity contribution is 9.10. The van der Waals surface area contributed by atoms with E-state index in [1.165, 1.54) is 0 Å². The molecule has 0 N–H and O–H groups in total. The summed E-state index contributed by atoms with van der Waals surface area (Å²) in [6, 6.07) is 5.34. The number of carbonyl (C=O) groups excluding carboxylic acids is 1. The van der Waals surface area contributed by atoms with Crippen molar-refractivity contribution in [3.8, 4) is 0 Å². The predicted octanol–water partition coefficient (Wildman–Crippen LogP) is 4.29. The molecule has 2 nitrogen and oxygen atoms in total. The zero-order valence-electron chi connectivity index (χ0n) is 7.50. The van der Waals surface area contributed by atoms with Crippen molar-refractivity contribution in [1.29, 1.82) is 0 Å². The first kappa shape index (κ1) is 11.1. The average molecular weight is 350 g/mol. The summed E-state index contributed by atoms with van der Waals surface area (Å²) in [4.78, 5) is 12.7. The van der Waals surface area contributed by atoms with Crippen LogP contribution in [-0.2, 0) is 6.42 Å². The average Bonchev–Trinajstić information content (AvgIpc) is 2.75. The number of Topliss-reactive ketones (excluding diaryl/α,β-unsaturated/α-hetero) is 1. The van der Waals surface area contributed by atoms with Crippen LogP contribution in [0.4, 0.5) is 0 Å². The standard InChI is InChI=1S/C10H6Br2O2S/c11-6-3-7(15-5-6)4-8(13)9-1-2-10(12)14-9/h1-3,5H,4H2. The van der Waals surface area contributed by atoms with Gasteiger partial charge in [0.05, 0.1) is 0 Å². The molecule has 0 radical (unpaired) electrons. The Morgan fingerprint density at radius 3 is 2.73 bits per heavy atom. The van der Waals surface area contributed by atoms with E-state index in [9.17, 15) is 4.79 Å². The lowest BCUT2D eigenvalue weighted by atomic mass is 10.2. The molecule has 0 amide bonds. The van der Waals surface area contributed by atoms with Gasteiger partial charge in [-0.3, -0.25) is 4.79 Å². The Labute approximate surface area is 108 Å². The Hall–Kier alpha value is -0.390. The molecular formula is C10H6Br2O2S. The number of furan rings is 1. The topological polar surface area (TPSA) is 30.2 Å². The summed E-state index contributed by atoms with van der Waals surface area (Å²) in [7, 11) is 0. The van der Waals surface area contributed by atoms with Gasteiger partial charge in [0.2, 0.25) is 5.78 Å². The van der Waals surface area contributed by atoms with Crippen LogP contribution < -0.4 is 0 Å². The van der Waals surface area contributed by atoms with Gasteiger partial charge in [0, 0.05) is 21.2 Å². The van der Waals surface area contributed by atoms with Crippen LogP contribution in [0.5, 0.6) is 0 Å². The molecule has 78 valence electrons. The van der Waals surface area contributed by atoms with Gasteiger partial charge >= 0.3 is 0 Å². The van der Waals surface area contributed by atoms with Crippen molar-refractivity contribution in [3.63, 3.8) is 0 Å². The number of rotatable bonds is 3. The maximum atomic E-state index is 11.7. The van der Waals surface area contributed by atoms with E-state index in [2.05, 4.69) is 31.9 Å². The summed E-state index contributed by atoms with van der Waals surface area (Å²) < 4.78 is 6.78. The zero-order chi connectivity index (χ0) is 10.8. The number of hydrogen-bond donors (Lipinski definition) is 0. The zero-order valence-corrected chi connectivity index (χ0v) is 11.5. The predicted molar refractivity (Wildman–Crippen MR) is 66.5 cm³/mol. The molecule has 0 fully saturated rings. The largest absolute Gasteiger partial charge is 0.446 e. The lowest BCUT2D eigenvalue weighted by Crippen LogP contribution is -1.99. The van der Waals surface area contributed by atoms with Gasteiger partial charge in [0.1, 0.15) is 0 Å². The van der Waals surface area contributed by atoms with Gasteiger partial charge in [0.15, 0.2) is 10.4 Å². The second kappa shape index (κ2) is 4.63. The Morgan fingerprint density at radius 1 is 1.40 bits per heavy atom. The smallest absolute Gasteiger partial charge is 0.203 e. The van der Waals surface area contributed by atoms with Gasteiger partial charge in [-0.05, 0) is 50.1 Å². The highest BCUT2D eigenvalue weighted by Gasteiger charge is 2.12. The molecule has 2 heterocycles. The second-order valence-corrected chi connectivity index (χ2v) is 5.63. The van der Waals surface area contributed by atoms with Crippen LogP contribution in [0.15, 0.2) is 37.1 Å². The first-order valence-electron chi connectivity index (χ1n) is 4.16. The monoisotopic (exact) mass is 348 g/mol. The summed E-state index contributed by atoms with van der Waals surface area (Å²) in [5.74, 6) is 0.390. The van der Waals surface area contributed by atoms with E-state index in [0.29, 0.717) is 16.9 Å².